The van der Waals surface area contributed by atoms with E-state index < -0.39 is 0 Å². The minimum absolute atomic E-state index is 0.148. The van der Waals surface area contributed by atoms with E-state index in [4.69, 9.17) is 4.74 Å². The highest BCUT2D eigenvalue weighted by atomic mass is 79.9. The Hall–Kier alpha value is -0.380. The van der Waals surface area contributed by atoms with Gasteiger partial charge in [0.15, 0.2) is 0 Å². The molecule has 0 heterocycles. The highest BCUT2D eigenvalue weighted by Gasteiger charge is 2.10. The number of ether oxygens (including phenoxy) is 1. The first kappa shape index (κ1) is 14.7. The monoisotopic (exact) mass is 299 g/mol. The molecule has 1 rings (SSSR count). The first-order valence-corrected chi connectivity index (χ1v) is 7.09. The first-order valence-electron chi connectivity index (χ1n) is 6.29. The molecule has 1 atom stereocenters. The minimum atomic E-state index is 0.148. The van der Waals surface area contributed by atoms with E-state index in [2.05, 4.69) is 46.4 Å². The largest absolute Gasteiger partial charge is 0.372 e. The number of unbranched alkanes of at least 4 members (excludes halogenated alkanes) is 2. The molecule has 1 aromatic rings. The summed E-state index contributed by atoms with van der Waals surface area (Å²) in [5.41, 5.74) is 1.23. The number of likely N-dealkylation sites (N-methyl/N-ethyl adjacent to an activating group) is 1. The topological polar surface area (TPSA) is 21.3 Å². The summed E-state index contributed by atoms with van der Waals surface area (Å²) in [6.45, 7) is 3.90. The summed E-state index contributed by atoms with van der Waals surface area (Å²) in [6.07, 6.45) is 3.77. The van der Waals surface area contributed by atoms with Gasteiger partial charge in [0.05, 0.1) is 6.10 Å². The van der Waals surface area contributed by atoms with Crippen molar-refractivity contribution in [3.8, 4) is 0 Å². The summed E-state index contributed by atoms with van der Waals surface area (Å²) in [4.78, 5) is 0. The number of benzene rings is 1. The molecule has 0 aromatic heterocycles. The van der Waals surface area contributed by atoms with Gasteiger partial charge in [-0.3, -0.25) is 0 Å². The molecule has 0 bridgehead atoms. The van der Waals surface area contributed by atoms with E-state index in [9.17, 15) is 0 Å². The molecule has 0 radical (unpaired) electrons. The summed E-state index contributed by atoms with van der Waals surface area (Å²) in [5.74, 6) is 0. The van der Waals surface area contributed by atoms with Gasteiger partial charge < -0.3 is 10.1 Å². The number of rotatable bonds is 8. The molecule has 2 nitrogen and oxygen atoms in total. The third-order valence-corrected chi connectivity index (χ3v) is 3.17. The van der Waals surface area contributed by atoms with Gasteiger partial charge in [0, 0.05) is 17.6 Å². The Morgan fingerprint density at radius 2 is 2.18 bits per heavy atom. The van der Waals surface area contributed by atoms with Gasteiger partial charge in [0.1, 0.15) is 0 Å². The van der Waals surface area contributed by atoms with E-state index in [1.54, 1.807) is 0 Å². The molecular weight excluding hydrogens is 278 g/mol. The number of halogens is 1. The number of hydrogen-bond acceptors (Lipinski definition) is 2. The fourth-order valence-electron chi connectivity index (χ4n) is 1.74. The smallest absolute Gasteiger partial charge is 0.0949 e. The van der Waals surface area contributed by atoms with E-state index in [-0.39, 0.29) is 6.10 Å². The summed E-state index contributed by atoms with van der Waals surface area (Å²) in [6, 6.07) is 8.34. The predicted molar refractivity (Wildman–Crippen MR) is 76.3 cm³/mol. The second-order valence-electron chi connectivity index (χ2n) is 4.18. The third-order valence-electron chi connectivity index (χ3n) is 2.68. The van der Waals surface area contributed by atoms with Gasteiger partial charge in [-0.05, 0) is 31.2 Å². The zero-order valence-corrected chi connectivity index (χ0v) is 12.3. The SMILES string of the molecule is CCCCCOC(CNC)c1cccc(Br)c1. The lowest BCUT2D eigenvalue weighted by Gasteiger charge is -2.18. The van der Waals surface area contributed by atoms with Crippen LogP contribution in [0.4, 0.5) is 0 Å². The Morgan fingerprint density at radius 3 is 2.82 bits per heavy atom. The summed E-state index contributed by atoms with van der Waals surface area (Å²) in [5, 5.41) is 3.19. The van der Waals surface area contributed by atoms with Crippen molar-refractivity contribution < 1.29 is 4.74 Å². The van der Waals surface area contributed by atoms with E-state index in [1.165, 1.54) is 18.4 Å². The van der Waals surface area contributed by atoms with Crippen LogP contribution in [0.15, 0.2) is 28.7 Å². The average molecular weight is 300 g/mol. The lowest BCUT2D eigenvalue weighted by molar-refractivity contribution is 0.0513. The van der Waals surface area contributed by atoms with Gasteiger partial charge in [-0.2, -0.15) is 0 Å². The van der Waals surface area contributed by atoms with Crippen LogP contribution in [-0.2, 0) is 4.74 Å². The van der Waals surface area contributed by atoms with Crippen LogP contribution >= 0.6 is 15.9 Å². The molecule has 17 heavy (non-hydrogen) atoms. The second-order valence-corrected chi connectivity index (χ2v) is 5.09. The van der Waals surface area contributed by atoms with Crippen LogP contribution in [0.1, 0.15) is 37.9 Å². The summed E-state index contributed by atoms with van der Waals surface area (Å²) >= 11 is 3.50. The van der Waals surface area contributed by atoms with Gasteiger partial charge in [-0.15, -0.1) is 0 Å². The molecule has 3 heteroatoms. The van der Waals surface area contributed by atoms with E-state index in [0.717, 1.165) is 24.0 Å². The van der Waals surface area contributed by atoms with Gasteiger partial charge in [-0.1, -0.05) is 47.8 Å². The van der Waals surface area contributed by atoms with Crippen LogP contribution in [0.2, 0.25) is 0 Å². The molecule has 0 amide bonds. The van der Waals surface area contributed by atoms with Crippen molar-refractivity contribution in [1.29, 1.82) is 0 Å². The molecule has 1 N–H and O–H groups in total. The van der Waals surface area contributed by atoms with E-state index in [0.29, 0.717) is 0 Å². The summed E-state index contributed by atoms with van der Waals surface area (Å²) < 4.78 is 7.05. The maximum absolute atomic E-state index is 5.94. The molecule has 0 aliphatic carbocycles. The molecule has 96 valence electrons. The Kier molecular flexibility index (Phi) is 7.49. The zero-order valence-electron chi connectivity index (χ0n) is 10.7. The third kappa shape index (κ3) is 5.66. The molecular formula is C14H22BrNO. The van der Waals surface area contributed by atoms with Crippen LogP contribution in [0.5, 0.6) is 0 Å². The fourth-order valence-corrected chi connectivity index (χ4v) is 2.16. The highest BCUT2D eigenvalue weighted by molar-refractivity contribution is 9.10. The minimum Gasteiger partial charge on any atom is -0.372 e. The fraction of sp³-hybridized carbons (Fsp3) is 0.571. The average Bonchev–Trinajstić information content (AvgIpc) is 2.33. The lowest BCUT2D eigenvalue weighted by Crippen LogP contribution is -2.20. The van der Waals surface area contributed by atoms with Gasteiger partial charge in [0.25, 0.3) is 0 Å². The molecule has 1 aromatic carbocycles. The second kappa shape index (κ2) is 8.67. The Bertz CT molecular complexity index is 317. The maximum atomic E-state index is 5.94. The first-order chi connectivity index (χ1) is 8.27. The van der Waals surface area contributed by atoms with Crippen LogP contribution in [-0.4, -0.2) is 20.2 Å². The van der Waals surface area contributed by atoms with Crippen molar-refractivity contribution in [3.63, 3.8) is 0 Å². The van der Waals surface area contributed by atoms with Crippen molar-refractivity contribution in [1.82, 2.24) is 5.32 Å². The van der Waals surface area contributed by atoms with E-state index >= 15 is 0 Å². The van der Waals surface area contributed by atoms with Crippen LogP contribution in [0.25, 0.3) is 0 Å². The molecule has 0 saturated carbocycles. The molecule has 1 unspecified atom stereocenters. The van der Waals surface area contributed by atoms with Crippen LogP contribution in [0.3, 0.4) is 0 Å². The Labute approximate surface area is 113 Å². The van der Waals surface area contributed by atoms with E-state index in [1.807, 2.05) is 13.1 Å². The molecule has 0 spiro atoms. The Morgan fingerprint density at radius 1 is 1.35 bits per heavy atom. The quantitative estimate of drug-likeness (QED) is 0.735. The molecule has 0 saturated heterocycles. The van der Waals surface area contributed by atoms with Crippen molar-refractivity contribution in [3.05, 3.63) is 34.3 Å². The normalized spacial score (nSPS) is 12.6. The Balaban J connectivity index is 2.52. The van der Waals surface area contributed by atoms with Gasteiger partial charge in [-0.25, -0.2) is 0 Å². The van der Waals surface area contributed by atoms with Crippen molar-refractivity contribution in [2.24, 2.45) is 0 Å². The molecule has 0 aliphatic heterocycles. The van der Waals surface area contributed by atoms with Gasteiger partial charge in [0.2, 0.25) is 0 Å². The molecule has 0 aliphatic rings. The predicted octanol–water partition coefficient (Wildman–Crippen LogP) is 3.92. The summed E-state index contributed by atoms with van der Waals surface area (Å²) in [7, 11) is 1.96. The van der Waals surface area contributed by atoms with Gasteiger partial charge >= 0.3 is 0 Å². The lowest BCUT2D eigenvalue weighted by atomic mass is 10.1. The highest BCUT2D eigenvalue weighted by Crippen LogP contribution is 2.21. The standard InChI is InChI=1S/C14H22BrNO/c1-3-4-5-9-17-14(11-16-2)12-7-6-8-13(15)10-12/h6-8,10,14,16H,3-5,9,11H2,1-2H3. The maximum Gasteiger partial charge on any atom is 0.0949 e. The molecule has 0 fully saturated rings. The number of nitrogens with one attached hydrogen (secondary N) is 1. The van der Waals surface area contributed by atoms with Crippen molar-refractivity contribution in [2.75, 3.05) is 20.2 Å². The zero-order chi connectivity index (χ0) is 12.5. The van der Waals surface area contributed by atoms with Crippen LogP contribution in [0, 0.1) is 0 Å². The van der Waals surface area contributed by atoms with Crippen LogP contribution < -0.4 is 5.32 Å². The number of hydrogen-bond donors (Lipinski definition) is 1. The van der Waals surface area contributed by atoms with Crippen molar-refractivity contribution in [2.45, 2.75) is 32.3 Å². The van der Waals surface area contributed by atoms with Crippen molar-refractivity contribution >= 4 is 15.9 Å².